The molecule has 3 fully saturated rings. The first-order chi connectivity index (χ1) is 26.4. The Morgan fingerprint density at radius 2 is 1.73 bits per heavy atom. The van der Waals surface area contributed by atoms with Crippen molar-refractivity contribution in [1.82, 2.24) is 29.7 Å². The highest BCUT2D eigenvalue weighted by Gasteiger charge is 2.48. The summed E-state index contributed by atoms with van der Waals surface area (Å²) in [6, 6.07) is 11.8. The van der Waals surface area contributed by atoms with Crippen LogP contribution in [0.2, 0.25) is 0 Å². The lowest BCUT2D eigenvalue weighted by molar-refractivity contribution is -0.130. The Morgan fingerprint density at radius 3 is 2.49 bits per heavy atom. The number of amides is 2. The van der Waals surface area contributed by atoms with Crippen molar-refractivity contribution in [2.45, 2.75) is 75.3 Å². The summed E-state index contributed by atoms with van der Waals surface area (Å²) < 4.78 is 36.2. The van der Waals surface area contributed by atoms with Gasteiger partial charge < -0.3 is 30.9 Å². The van der Waals surface area contributed by atoms with Gasteiger partial charge >= 0.3 is 5.69 Å². The minimum absolute atomic E-state index is 0.00448. The zero-order valence-corrected chi connectivity index (χ0v) is 31.8. The fourth-order valence-electron chi connectivity index (χ4n) is 9.18. The van der Waals surface area contributed by atoms with Gasteiger partial charge in [-0.25, -0.2) is 18.6 Å². The van der Waals surface area contributed by atoms with E-state index in [1.165, 1.54) is 15.9 Å². The molecule has 7 heterocycles. The van der Waals surface area contributed by atoms with E-state index in [9.17, 15) is 19.5 Å². The number of anilines is 3. The molecule has 3 aromatic heterocycles. The largest absolute Gasteiger partial charge is 0.381 e. The number of halogens is 2. The summed E-state index contributed by atoms with van der Waals surface area (Å²) in [5.74, 6) is -2.90. The second-order valence-corrected chi connectivity index (χ2v) is 16.7. The Balaban J connectivity index is 0.868. The summed E-state index contributed by atoms with van der Waals surface area (Å²) in [5.41, 5.74) is 3.53. The first kappa shape index (κ1) is 35.9. The molecule has 0 radical (unpaired) electrons. The number of nitrogens with one attached hydrogen (secondary N) is 3. The topological polar surface area (TPSA) is 140 Å². The van der Waals surface area contributed by atoms with Crippen LogP contribution in [0.4, 0.5) is 26.0 Å². The predicted molar refractivity (Wildman–Crippen MR) is 211 cm³/mol. The summed E-state index contributed by atoms with van der Waals surface area (Å²) in [5, 5.41) is 20.6. The first-order valence-electron chi connectivity index (χ1n) is 19.1. The van der Waals surface area contributed by atoms with E-state index in [-0.39, 0.29) is 29.6 Å². The van der Waals surface area contributed by atoms with Gasteiger partial charge in [0.25, 0.3) is 11.8 Å². The third-order valence-corrected chi connectivity index (χ3v) is 13.3. The Hall–Kier alpha value is -4.80. The van der Waals surface area contributed by atoms with Crippen LogP contribution >= 0.6 is 11.3 Å². The molecule has 2 unspecified atom stereocenters. The van der Waals surface area contributed by atoms with Crippen LogP contribution in [0.1, 0.15) is 54.7 Å². The van der Waals surface area contributed by atoms with Gasteiger partial charge in [-0.2, -0.15) is 0 Å². The lowest BCUT2D eigenvalue weighted by Gasteiger charge is -2.47. The number of nitrogens with zero attached hydrogens (tertiary/aromatic N) is 6. The molecule has 4 aliphatic heterocycles. The molecule has 0 saturated carbocycles. The van der Waals surface area contributed by atoms with Crippen LogP contribution < -0.4 is 31.4 Å². The average molecular weight is 774 g/mol. The lowest BCUT2D eigenvalue weighted by atomic mass is 9.94. The number of hydrogen-bond acceptors (Lipinski definition) is 10. The Bertz CT molecular complexity index is 2400. The number of imidazole rings is 1. The van der Waals surface area contributed by atoms with Gasteiger partial charge in [-0.3, -0.25) is 23.6 Å². The second kappa shape index (κ2) is 13.4. The van der Waals surface area contributed by atoms with E-state index >= 15 is 8.78 Å². The highest BCUT2D eigenvalue weighted by atomic mass is 32.1. The molecule has 4 atom stereocenters. The summed E-state index contributed by atoms with van der Waals surface area (Å²) in [6.45, 7) is 3.97. The van der Waals surface area contributed by atoms with Crippen molar-refractivity contribution in [2.24, 2.45) is 7.05 Å². The van der Waals surface area contributed by atoms with E-state index in [0.717, 1.165) is 39.7 Å². The van der Waals surface area contributed by atoms with E-state index in [1.54, 1.807) is 16.5 Å². The molecular formula is C39H45F2N9O4S. The molecule has 0 aliphatic carbocycles. The highest BCUT2D eigenvalue weighted by Crippen LogP contribution is 2.42. The van der Waals surface area contributed by atoms with Crippen LogP contribution in [-0.2, 0) is 11.8 Å². The molecule has 2 aromatic carbocycles. The number of rotatable bonds is 5. The number of thiophene rings is 1. The fraction of sp³-hybridized carbons (Fsp3) is 0.487. The number of benzene rings is 2. The van der Waals surface area contributed by atoms with Crippen LogP contribution in [0.25, 0.3) is 32.0 Å². The molecule has 2 amide bonds. The number of pyridine rings is 1. The first-order valence-corrected chi connectivity index (χ1v) is 19.9. The SMILES string of the molecule is C[C@@H]1CNc2c(sc3ccc4nc(N5CC[C@H](N(C)C6CCN(c7ccc8c(c7)n(C)c(=O)n8C7CCC(O)NC7=O)CC6)C(F)(F)C5)ccc4c23)C(=O)N1. The zero-order chi connectivity index (χ0) is 38.3. The maximum atomic E-state index is 16.1. The summed E-state index contributed by atoms with van der Waals surface area (Å²) >= 11 is 1.44. The Kier molecular flexibility index (Phi) is 8.77. The van der Waals surface area contributed by atoms with E-state index in [0.29, 0.717) is 72.7 Å². The number of fused-ring (bicyclic) bond motifs is 6. The van der Waals surface area contributed by atoms with Crippen LogP contribution in [0, 0.1) is 0 Å². The second-order valence-electron chi connectivity index (χ2n) is 15.6. The summed E-state index contributed by atoms with van der Waals surface area (Å²) in [4.78, 5) is 50.1. The number of piperidine rings is 3. The third kappa shape index (κ3) is 6.09. The van der Waals surface area contributed by atoms with Gasteiger partial charge in [0.15, 0.2) is 0 Å². The minimum Gasteiger partial charge on any atom is -0.381 e. The van der Waals surface area contributed by atoms with Crippen molar-refractivity contribution >= 4 is 72.4 Å². The van der Waals surface area contributed by atoms with Gasteiger partial charge in [-0.1, -0.05) is 0 Å². The number of aliphatic hydroxyl groups excluding tert-OH is 1. The van der Waals surface area contributed by atoms with Crippen LogP contribution in [0.5, 0.6) is 0 Å². The molecule has 0 spiro atoms. The molecule has 4 N–H and O–H groups in total. The van der Waals surface area contributed by atoms with Crippen LogP contribution in [-0.4, -0.2) is 106 Å². The summed E-state index contributed by atoms with van der Waals surface area (Å²) in [7, 11) is 3.52. The number of aryl methyl sites for hydroxylation is 1. The molecule has 290 valence electrons. The normalized spacial score (nSPS) is 24.9. The molecule has 16 heteroatoms. The molecule has 4 aliphatic rings. The number of aromatic nitrogens is 3. The van der Waals surface area contributed by atoms with E-state index in [4.69, 9.17) is 4.98 Å². The Morgan fingerprint density at radius 1 is 0.945 bits per heavy atom. The lowest BCUT2D eigenvalue weighted by Crippen LogP contribution is -2.60. The molecule has 0 bridgehead atoms. The van der Waals surface area contributed by atoms with Crippen LogP contribution in [0.3, 0.4) is 0 Å². The predicted octanol–water partition coefficient (Wildman–Crippen LogP) is 4.23. The number of hydrogen-bond donors (Lipinski definition) is 4. The van der Waals surface area contributed by atoms with Gasteiger partial charge in [0, 0.05) is 66.5 Å². The number of carbonyl (C=O) groups is 2. The van der Waals surface area contributed by atoms with E-state index in [2.05, 4.69) is 20.9 Å². The van der Waals surface area contributed by atoms with Crippen molar-refractivity contribution in [2.75, 3.05) is 54.9 Å². The molecule has 13 nitrogen and oxygen atoms in total. The molecule has 3 saturated heterocycles. The number of alkyl halides is 2. The van der Waals surface area contributed by atoms with Crippen LogP contribution in [0.15, 0.2) is 47.3 Å². The molecule has 55 heavy (non-hydrogen) atoms. The fourth-order valence-corrected chi connectivity index (χ4v) is 10.3. The van der Waals surface area contributed by atoms with Gasteiger partial charge in [0.05, 0.1) is 34.8 Å². The quantitative estimate of drug-likeness (QED) is 0.207. The maximum Gasteiger partial charge on any atom is 0.329 e. The summed E-state index contributed by atoms with van der Waals surface area (Å²) in [6.07, 6.45) is 1.58. The maximum absolute atomic E-state index is 16.1. The van der Waals surface area contributed by atoms with Crippen molar-refractivity contribution in [1.29, 1.82) is 0 Å². The van der Waals surface area contributed by atoms with Gasteiger partial charge in [-0.15, -0.1) is 11.3 Å². The van der Waals surface area contributed by atoms with Gasteiger partial charge in [0.2, 0.25) is 5.91 Å². The Labute approximate surface area is 319 Å². The standard InChI is InChI=1S/C39H45F2N9O4S/c1-21-19-42-34-33-24-5-10-31(44-25(24)6-9-29(33)55-35(34)37(53)43-21)49-17-14-30(39(40,41)20-49)46(2)22-12-15-48(16-13-22)23-4-7-26-28(18-23)47(3)38(54)50(26)27-8-11-32(51)45-36(27)52/h4-7,9-10,18,21-22,27,30,32,42,51H,8,11-17,19-20H2,1-3H3,(H,43,53)(H,45,52)/t21-,27?,30+,32?/m1/s1. The van der Waals surface area contributed by atoms with Crippen molar-refractivity contribution in [3.63, 3.8) is 0 Å². The monoisotopic (exact) mass is 773 g/mol. The molecular weight excluding hydrogens is 729 g/mol. The zero-order valence-electron chi connectivity index (χ0n) is 31.0. The van der Waals surface area contributed by atoms with Crippen molar-refractivity contribution in [3.05, 3.63) is 57.8 Å². The molecule has 9 rings (SSSR count). The smallest absolute Gasteiger partial charge is 0.329 e. The van der Waals surface area contributed by atoms with Crippen molar-refractivity contribution in [3.8, 4) is 0 Å². The highest BCUT2D eigenvalue weighted by molar-refractivity contribution is 7.21. The van der Waals surface area contributed by atoms with Gasteiger partial charge in [0.1, 0.15) is 23.0 Å². The van der Waals surface area contributed by atoms with E-state index in [1.807, 2.05) is 61.3 Å². The average Bonchev–Trinajstić information content (AvgIpc) is 3.62. The number of aliphatic hydroxyl groups is 1. The third-order valence-electron chi connectivity index (χ3n) is 12.2. The van der Waals surface area contributed by atoms with E-state index < -0.39 is 30.8 Å². The van der Waals surface area contributed by atoms with Crippen molar-refractivity contribution < 1.29 is 23.5 Å². The van der Waals surface area contributed by atoms with Gasteiger partial charge in [-0.05, 0) is 88.5 Å². The number of carbonyl (C=O) groups excluding carboxylic acids is 2. The molecule has 5 aromatic rings. The minimum atomic E-state index is -2.96.